The van der Waals surface area contributed by atoms with E-state index in [1.54, 1.807) is 33.0 Å². The van der Waals surface area contributed by atoms with Crippen LogP contribution in [0.1, 0.15) is 20.8 Å². The predicted molar refractivity (Wildman–Crippen MR) is 161 cm³/mol. The molecular weight excluding hydrogens is 599 g/mol. The summed E-state index contributed by atoms with van der Waals surface area (Å²) in [6.45, 7) is 8.08. The van der Waals surface area contributed by atoms with Crippen molar-refractivity contribution in [2.45, 2.75) is 25.7 Å². The molecule has 0 aliphatic carbocycles. The molecule has 0 unspecified atom stereocenters. The Balaban J connectivity index is 0.000000566. The molecule has 0 saturated carbocycles. The van der Waals surface area contributed by atoms with E-state index in [0.29, 0.717) is 22.6 Å². The molecule has 3 N–H and O–H groups in total. The van der Waals surface area contributed by atoms with Crippen LogP contribution in [0.25, 0.3) is 22.0 Å². The number of aromatic nitrogens is 2. The summed E-state index contributed by atoms with van der Waals surface area (Å²) in [5.41, 5.74) is 1.18. The van der Waals surface area contributed by atoms with E-state index in [4.69, 9.17) is 9.84 Å². The predicted octanol–water partition coefficient (Wildman–Crippen LogP) is 5.05. The number of halogens is 3. The monoisotopic (exact) mass is 631 g/mol. The van der Waals surface area contributed by atoms with Gasteiger partial charge in [0.15, 0.2) is 0 Å². The van der Waals surface area contributed by atoms with Crippen molar-refractivity contribution in [2.24, 2.45) is 5.41 Å². The smallest absolute Gasteiger partial charge is 0.308 e. The molecule has 10 nitrogen and oxygen atoms in total. The molecule has 14 heteroatoms. The Morgan fingerprint density at radius 2 is 1.68 bits per heavy atom. The molecule has 234 valence electrons. The zero-order chi connectivity index (χ0) is 32.2. The fraction of sp³-hybridized carbons (Fsp3) is 0.300. The molecule has 44 heavy (non-hydrogen) atoms. The van der Waals surface area contributed by atoms with Crippen LogP contribution in [0.4, 0.5) is 24.5 Å². The van der Waals surface area contributed by atoms with Crippen molar-refractivity contribution in [3.8, 4) is 17.0 Å². The van der Waals surface area contributed by atoms with Crippen LogP contribution in [0.3, 0.4) is 0 Å². The van der Waals surface area contributed by atoms with Crippen LogP contribution in [0, 0.1) is 22.9 Å². The van der Waals surface area contributed by atoms with Crippen molar-refractivity contribution in [2.75, 3.05) is 42.9 Å². The highest BCUT2D eigenvalue weighted by Crippen LogP contribution is 2.35. The summed E-state index contributed by atoms with van der Waals surface area (Å²) in [4.78, 5) is 19.8. The summed E-state index contributed by atoms with van der Waals surface area (Å²) < 4.78 is 75.8. The number of ether oxygens (including phenoxy) is 1. The second-order valence-corrected chi connectivity index (χ2v) is 12.6. The molecule has 4 aromatic rings. The number of hydrogen-bond acceptors (Lipinski definition) is 8. The first-order valence-corrected chi connectivity index (χ1v) is 15.0. The summed E-state index contributed by atoms with van der Waals surface area (Å²) in [7, 11) is -3.17. The molecule has 0 spiro atoms. The standard InChI is InChI=1S/C25H22F3N5O3S.C5H10O2/c1-36-25-21(32-37(34,35)23-3-2-17(26)13-19(23)27)12-16(14-31-25)15-10-18-22(33-8-6-29-7-9-33)4-5-30-24(18)20(28)11-15;1-5(2,3)4(6)7/h2-5,10-14,29,32H,6-9H2,1H3;1-3H3,(H,6,7). The Morgan fingerprint density at radius 3 is 2.30 bits per heavy atom. The van der Waals surface area contributed by atoms with Crippen LogP contribution in [0.15, 0.2) is 59.8 Å². The number of aliphatic carboxylic acids is 1. The lowest BCUT2D eigenvalue weighted by Gasteiger charge is -2.30. The molecule has 1 aliphatic heterocycles. The van der Waals surface area contributed by atoms with Crippen LogP contribution < -0.4 is 19.7 Å². The molecule has 2 aromatic carbocycles. The minimum atomic E-state index is -4.46. The van der Waals surface area contributed by atoms with Crippen LogP contribution in [0.5, 0.6) is 5.88 Å². The van der Waals surface area contributed by atoms with E-state index in [0.717, 1.165) is 44.0 Å². The average molecular weight is 632 g/mol. The fourth-order valence-electron chi connectivity index (χ4n) is 4.28. The number of carbonyl (C=O) groups is 1. The van der Waals surface area contributed by atoms with Gasteiger partial charge in [0.25, 0.3) is 10.0 Å². The van der Waals surface area contributed by atoms with E-state index in [9.17, 15) is 22.0 Å². The Hall–Kier alpha value is -4.43. The number of nitrogens with zero attached hydrogens (tertiary/aromatic N) is 3. The normalized spacial score (nSPS) is 13.7. The molecule has 0 atom stereocenters. The van der Waals surface area contributed by atoms with Crippen molar-refractivity contribution in [3.63, 3.8) is 0 Å². The number of carboxylic acid groups (broad SMARTS) is 1. The highest BCUT2D eigenvalue weighted by molar-refractivity contribution is 7.92. The fourth-order valence-corrected chi connectivity index (χ4v) is 5.39. The molecule has 1 saturated heterocycles. The quantitative estimate of drug-likeness (QED) is 0.267. The maximum Gasteiger partial charge on any atom is 0.308 e. The third kappa shape index (κ3) is 7.37. The van der Waals surface area contributed by atoms with Crippen LogP contribution in [0.2, 0.25) is 0 Å². The molecule has 0 amide bonds. The number of nitrogens with one attached hydrogen (secondary N) is 2. The largest absolute Gasteiger partial charge is 0.481 e. The highest BCUT2D eigenvalue weighted by atomic mass is 32.2. The Morgan fingerprint density at radius 1 is 1.00 bits per heavy atom. The van der Waals surface area contributed by atoms with Crippen molar-refractivity contribution in [3.05, 3.63) is 72.3 Å². The molecule has 3 heterocycles. The second kappa shape index (κ2) is 13.1. The SMILES string of the molecule is CC(C)(C)C(=O)O.COc1ncc(-c2cc(F)c3nccc(N4CCNCC4)c3c2)cc1NS(=O)(=O)c1ccc(F)cc1F. The zero-order valence-corrected chi connectivity index (χ0v) is 25.3. The number of anilines is 2. The summed E-state index contributed by atoms with van der Waals surface area (Å²) in [6, 6.07) is 8.43. The summed E-state index contributed by atoms with van der Waals surface area (Å²) in [5, 5.41) is 12.1. The summed E-state index contributed by atoms with van der Waals surface area (Å²) in [5.74, 6) is -3.55. The van der Waals surface area contributed by atoms with Gasteiger partial charge >= 0.3 is 5.97 Å². The first-order valence-electron chi connectivity index (χ1n) is 13.5. The minimum Gasteiger partial charge on any atom is -0.481 e. The minimum absolute atomic E-state index is 0.0840. The Bertz CT molecular complexity index is 1790. The number of carboxylic acids is 1. The molecule has 0 bridgehead atoms. The van der Waals surface area contributed by atoms with Gasteiger partial charge in [-0.1, -0.05) is 0 Å². The number of rotatable bonds is 6. The van der Waals surface area contributed by atoms with E-state index >= 15 is 4.39 Å². The van der Waals surface area contributed by atoms with Gasteiger partial charge in [0, 0.05) is 61.3 Å². The molecule has 1 aliphatic rings. The molecular formula is C30H32F3N5O5S. The number of sulfonamides is 1. The van der Waals surface area contributed by atoms with E-state index in [1.807, 2.05) is 6.07 Å². The van der Waals surface area contributed by atoms with Gasteiger partial charge < -0.3 is 20.1 Å². The first kappa shape index (κ1) is 32.5. The third-order valence-electron chi connectivity index (χ3n) is 6.68. The van der Waals surface area contributed by atoms with E-state index < -0.39 is 43.8 Å². The number of pyridine rings is 2. The van der Waals surface area contributed by atoms with Gasteiger partial charge in [-0.3, -0.25) is 14.5 Å². The Labute approximate surface area is 253 Å². The average Bonchev–Trinajstić information content (AvgIpc) is 2.96. The lowest BCUT2D eigenvalue weighted by molar-refractivity contribution is -0.145. The summed E-state index contributed by atoms with van der Waals surface area (Å²) >= 11 is 0. The second-order valence-electron chi connectivity index (χ2n) is 10.9. The number of hydrogen-bond donors (Lipinski definition) is 3. The zero-order valence-electron chi connectivity index (χ0n) is 24.5. The van der Waals surface area contributed by atoms with Gasteiger partial charge in [0.1, 0.15) is 33.6 Å². The van der Waals surface area contributed by atoms with Crippen LogP contribution >= 0.6 is 0 Å². The molecule has 2 aromatic heterocycles. The van der Waals surface area contributed by atoms with Gasteiger partial charge in [0.05, 0.1) is 12.5 Å². The lowest BCUT2D eigenvalue weighted by atomic mass is 9.98. The molecule has 1 fully saturated rings. The van der Waals surface area contributed by atoms with Gasteiger partial charge in [0.2, 0.25) is 5.88 Å². The van der Waals surface area contributed by atoms with E-state index in [1.165, 1.54) is 25.4 Å². The van der Waals surface area contributed by atoms with Gasteiger partial charge in [-0.05, 0) is 62.7 Å². The maximum absolute atomic E-state index is 15.2. The van der Waals surface area contributed by atoms with Crippen molar-refractivity contribution < 1.29 is 36.2 Å². The third-order valence-corrected chi connectivity index (χ3v) is 8.08. The highest BCUT2D eigenvalue weighted by Gasteiger charge is 2.23. The van der Waals surface area contributed by atoms with Gasteiger partial charge in [-0.2, -0.15) is 0 Å². The van der Waals surface area contributed by atoms with Gasteiger partial charge in [-0.15, -0.1) is 0 Å². The lowest BCUT2D eigenvalue weighted by Crippen LogP contribution is -2.43. The topological polar surface area (TPSA) is 134 Å². The van der Waals surface area contributed by atoms with E-state index in [2.05, 4.69) is 24.9 Å². The van der Waals surface area contributed by atoms with Crippen molar-refractivity contribution in [1.82, 2.24) is 15.3 Å². The molecule has 5 rings (SSSR count). The van der Waals surface area contributed by atoms with E-state index in [-0.39, 0.29) is 17.1 Å². The molecule has 0 radical (unpaired) electrons. The Kier molecular flexibility index (Phi) is 9.64. The van der Waals surface area contributed by atoms with Crippen molar-refractivity contribution in [1.29, 1.82) is 0 Å². The number of fused-ring (bicyclic) bond motifs is 1. The van der Waals surface area contributed by atoms with Gasteiger partial charge in [-0.25, -0.2) is 26.6 Å². The summed E-state index contributed by atoms with van der Waals surface area (Å²) in [6.07, 6.45) is 2.98. The number of methoxy groups -OCH3 is 1. The van der Waals surface area contributed by atoms with Crippen LogP contribution in [-0.4, -0.2) is 62.8 Å². The first-order chi connectivity index (χ1) is 20.7. The number of benzene rings is 2. The number of piperazine rings is 1. The van der Waals surface area contributed by atoms with Crippen LogP contribution in [-0.2, 0) is 14.8 Å². The van der Waals surface area contributed by atoms with Crippen molar-refractivity contribution >= 4 is 38.3 Å². The maximum atomic E-state index is 15.2.